The molecular formula is C11H18N2. The Kier molecular flexibility index (Phi) is 6.60. The Morgan fingerprint density at radius 1 is 1.54 bits per heavy atom. The zero-order valence-electron chi connectivity index (χ0n) is 8.67. The molecule has 0 saturated heterocycles. The van der Waals surface area contributed by atoms with Gasteiger partial charge in [0.05, 0.1) is 0 Å². The lowest BCUT2D eigenvalue weighted by molar-refractivity contribution is 1.09. The lowest BCUT2D eigenvalue weighted by Gasteiger charge is -2.00. The zero-order valence-corrected chi connectivity index (χ0v) is 8.67. The number of aromatic nitrogens is 1. The largest absolute Gasteiger partial charge is 0.347 e. The number of hydrogen-bond donors (Lipinski definition) is 1. The molecule has 0 radical (unpaired) electrons. The van der Waals surface area contributed by atoms with E-state index in [-0.39, 0.29) is 0 Å². The highest BCUT2D eigenvalue weighted by molar-refractivity contribution is 5.44. The van der Waals surface area contributed by atoms with Gasteiger partial charge in [-0.05, 0) is 24.8 Å². The van der Waals surface area contributed by atoms with Crippen LogP contribution in [0.15, 0.2) is 31.1 Å². The van der Waals surface area contributed by atoms with Gasteiger partial charge in [-0.2, -0.15) is 0 Å². The number of aryl methyl sites for hydroxylation is 1. The Balaban J connectivity index is 0.000000424. The van der Waals surface area contributed by atoms with Gasteiger partial charge in [0.15, 0.2) is 0 Å². The van der Waals surface area contributed by atoms with Crippen molar-refractivity contribution in [3.8, 4) is 0 Å². The van der Waals surface area contributed by atoms with Crippen LogP contribution in [0.25, 0.3) is 0 Å². The van der Waals surface area contributed by atoms with E-state index < -0.39 is 0 Å². The fraction of sp³-hybridized carbons (Fsp3) is 0.364. The number of anilines is 1. The molecule has 0 unspecified atom stereocenters. The van der Waals surface area contributed by atoms with Gasteiger partial charge < -0.3 is 5.32 Å². The summed E-state index contributed by atoms with van der Waals surface area (Å²) in [7, 11) is 0. The van der Waals surface area contributed by atoms with Crippen molar-refractivity contribution >= 4 is 5.82 Å². The molecule has 0 amide bonds. The molecule has 0 aliphatic carbocycles. The van der Waals surface area contributed by atoms with Crippen molar-refractivity contribution in [2.45, 2.75) is 27.2 Å². The molecule has 0 aliphatic rings. The summed E-state index contributed by atoms with van der Waals surface area (Å²) < 4.78 is 0. The first-order chi connectivity index (χ1) is 6.26. The van der Waals surface area contributed by atoms with E-state index >= 15 is 0 Å². The highest BCUT2D eigenvalue weighted by Crippen LogP contribution is 2.07. The lowest BCUT2D eigenvalue weighted by Crippen LogP contribution is -1.92. The van der Waals surface area contributed by atoms with Crippen molar-refractivity contribution in [2.75, 3.05) is 5.32 Å². The van der Waals surface area contributed by atoms with Gasteiger partial charge in [0, 0.05) is 6.20 Å². The van der Waals surface area contributed by atoms with Crippen LogP contribution in [0.3, 0.4) is 0 Å². The Labute approximate surface area is 80.7 Å². The van der Waals surface area contributed by atoms with E-state index in [1.807, 2.05) is 19.1 Å². The molecule has 0 bridgehead atoms. The van der Waals surface area contributed by atoms with Gasteiger partial charge in [-0.3, -0.25) is 0 Å². The van der Waals surface area contributed by atoms with Gasteiger partial charge in [0.2, 0.25) is 0 Å². The van der Waals surface area contributed by atoms with Crippen LogP contribution in [0.4, 0.5) is 5.82 Å². The van der Waals surface area contributed by atoms with E-state index in [0.29, 0.717) is 0 Å². The first-order valence-electron chi connectivity index (χ1n) is 4.55. The fourth-order valence-corrected chi connectivity index (χ4v) is 0.733. The number of nitrogens with zero attached hydrogens (tertiary/aromatic N) is 1. The van der Waals surface area contributed by atoms with E-state index in [1.165, 1.54) is 6.42 Å². The molecule has 1 aromatic heterocycles. The maximum absolute atomic E-state index is 4.09. The van der Waals surface area contributed by atoms with Crippen LogP contribution in [0, 0.1) is 6.92 Å². The summed E-state index contributed by atoms with van der Waals surface area (Å²) in [6.45, 7) is 9.79. The van der Waals surface area contributed by atoms with Crippen molar-refractivity contribution in [1.82, 2.24) is 4.98 Å². The average Bonchev–Trinajstić information content (AvgIpc) is 2.11. The van der Waals surface area contributed by atoms with Crippen molar-refractivity contribution in [1.29, 1.82) is 0 Å². The molecule has 72 valence electrons. The Morgan fingerprint density at radius 3 is 2.62 bits per heavy atom. The number of rotatable bonds is 2. The maximum atomic E-state index is 4.09. The van der Waals surface area contributed by atoms with E-state index in [9.17, 15) is 0 Å². The molecular weight excluding hydrogens is 160 g/mol. The Morgan fingerprint density at radius 2 is 2.15 bits per heavy atom. The van der Waals surface area contributed by atoms with Crippen molar-refractivity contribution in [3.05, 3.63) is 36.7 Å². The van der Waals surface area contributed by atoms with Crippen LogP contribution in [-0.2, 0) is 0 Å². The summed E-state index contributed by atoms with van der Waals surface area (Å²) in [5.74, 6) is 0.873. The second-order valence-electron chi connectivity index (χ2n) is 2.72. The standard InChI is InChI=1S/C8H10N2.C3H8/c1-3-9-8-7(2)5-4-6-10-8;1-3-2/h3-6H,1H2,2H3,(H,9,10);3H2,1-2H3. The van der Waals surface area contributed by atoms with E-state index in [0.717, 1.165) is 11.4 Å². The topological polar surface area (TPSA) is 24.9 Å². The van der Waals surface area contributed by atoms with Crippen LogP contribution in [0.2, 0.25) is 0 Å². The highest BCUT2D eigenvalue weighted by atomic mass is 15.0. The predicted molar refractivity (Wildman–Crippen MR) is 58.8 cm³/mol. The summed E-state index contributed by atoms with van der Waals surface area (Å²) in [5, 5.41) is 2.93. The molecule has 0 saturated carbocycles. The zero-order chi connectivity index (χ0) is 10.1. The van der Waals surface area contributed by atoms with Crippen LogP contribution in [0.1, 0.15) is 25.8 Å². The van der Waals surface area contributed by atoms with Crippen molar-refractivity contribution < 1.29 is 0 Å². The quantitative estimate of drug-likeness (QED) is 0.751. The Hall–Kier alpha value is -1.31. The summed E-state index contributed by atoms with van der Waals surface area (Å²) in [4.78, 5) is 4.09. The first-order valence-corrected chi connectivity index (χ1v) is 4.55. The molecule has 0 aromatic carbocycles. The Bertz CT molecular complexity index is 244. The molecule has 2 heteroatoms. The summed E-state index contributed by atoms with van der Waals surface area (Å²) in [6, 6.07) is 3.91. The summed E-state index contributed by atoms with van der Waals surface area (Å²) in [5.41, 5.74) is 1.13. The van der Waals surface area contributed by atoms with Gasteiger partial charge in [-0.1, -0.05) is 32.9 Å². The van der Waals surface area contributed by atoms with Gasteiger partial charge in [0.1, 0.15) is 5.82 Å². The van der Waals surface area contributed by atoms with Gasteiger partial charge in [0.25, 0.3) is 0 Å². The van der Waals surface area contributed by atoms with E-state index in [2.05, 4.69) is 30.7 Å². The van der Waals surface area contributed by atoms with Gasteiger partial charge >= 0.3 is 0 Å². The van der Waals surface area contributed by atoms with Crippen molar-refractivity contribution in [2.24, 2.45) is 0 Å². The van der Waals surface area contributed by atoms with Crippen LogP contribution in [0.5, 0.6) is 0 Å². The molecule has 0 aliphatic heterocycles. The minimum absolute atomic E-state index is 0.873. The molecule has 1 rings (SSSR count). The molecule has 0 spiro atoms. The minimum atomic E-state index is 0.873. The maximum Gasteiger partial charge on any atom is 0.132 e. The third kappa shape index (κ3) is 5.01. The minimum Gasteiger partial charge on any atom is -0.347 e. The SMILES string of the molecule is C=CNc1ncccc1C.CCC. The normalized spacial score (nSPS) is 8.23. The van der Waals surface area contributed by atoms with Crippen LogP contribution in [-0.4, -0.2) is 4.98 Å². The van der Waals surface area contributed by atoms with E-state index in [4.69, 9.17) is 0 Å². The van der Waals surface area contributed by atoms with Crippen LogP contribution >= 0.6 is 0 Å². The summed E-state index contributed by atoms with van der Waals surface area (Å²) in [6.07, 6.45) is 4.62. The van der Waals surface area contributed by atoms with E-state index in [1.54, 1.807) is 12.4 Å². The molecule has 13 heavy (non-hydrogen) atoms. The van der Waals surface area contributed by atoms with Crippen molar-refractivity contribution in [3.63, 3.8) is 0 Å². The second kappa shape index (κ2) is 7.35. The predicted octanol–water partition coefficient (Wildman–Crippen LogP) is 3.36. The van der Waals surface area contributed by atoms with Gasteiger partial charge in [-0.25, -0.2) is 4.98 Å². The smallest absolute Gasteiger partial charge is 0.132 e. The molecule has 0 atom stereocenters. The van der Waals surface area contributed by atoms with Gasteiger partial charge in [-0.15, -0.1) is 0 Å². The lowest BCUT2D eigenvalue weighted by atomic mass is 10.3. The first kappa shape index (κ1) is 11.7. The highest BCUT2D eigenvalue weighted by Gasteiger charge is 1.91. The number of pyridine rings is 1. The molecule has 2 nitrogen and oxygen atoms in total. The molecule has 1 N–H and O–H groups in total. The number of nitrogens with one attached hydrogen (secondary N) is 1. The monoisotopic (exact) mass is 178 g/mol. The third-order valence-corrected chi connectivity index (χ3v) is 1.25. The second-order valence-corrected chi connectivity index (χ2v) is 2.72. The summed E-state index contributed by atoms with van der Waals surface area (Å²) >= 11 is 0. The number of hydrogen-bond acceptors (Lipinski definition) is 2. The third-order valence-electron chi connectivity index (χ3n) is 1.25. The molecule has 1 aromatic rings. The molecule has 1 heterocycles. The average molecular weight is 178 g/mol. The molecule has 0 fully saturated rings. The fourth-order valence-electron chi connectivity index (χ4n) is 0.733. The van der Waals surface area contributed by atoms with Crippen LogP contribution < -0.4 is 5.32 Å².